The Kier molecular flexibility index (Phi) is 3.42. The van der Waals surface area contributed by atoms with Crippen LogP contribution in [0.25, 0.3) is 10.1 Å². The van der Waals surface area contributed by atoms with Crippen LogP contribution in [0.4, 0.5) is 0 Å². The molecule has 1 aromatic heterocycles. The van der Waals surface area contributed by atoms with E-state index < -0.39 is 0 Å². The summed E-state index contributed by atoms with van der Waals surface area (Å²) in [4.78, 5) is 12.2. The first-order valence-corrected chi connectivity index (χ1v) is 7.22. The first-order valence-electron chi connectivity index (χ1n) is 6.07. The number of aryl methyl sites for hydroxylation is 1. The average molecular weight is 303 g/mol. The zero-order chi connectivity index (χ0) is 14.1. The van der Waals surface area contributed by atoms with Crippen molar-refractivity contribution >= 4 is 39.4 Å². The maximum Gasteiger partial charge on any atom is 0.289 e. The summed E-state index contributed by atoms with van der Waals surface area (Å²) in [6.45, 7) is 1.97. The van der Waals surface area contributed by atoms with Gasteiger partial charge in [0, 0.05) is 10.6 Å². The summed E-state index contributed by atoms with van der Waals surface area (Å²) < 4.78 is 2.31. The van der Waals surface area contributed by atoms with Crippen molar-refractivity contribution in [3.63, 3.8) is 0 Å². The van der Waals surface area contributed by atoms with Crippen molar-refractivity contribution < 1.29 is 0 Å². The van der Waals surface area contributed by atoms with Gasteiger partial charge in [0.1, 0.15) is 0 Å². The molecule has 0 unspecified atom stereocenters. The SMILES string of the molecule is Cc1ccc2sn(/N=C/c3ccccc3Cl)c(=O)c2c1. The van der Waals surface area contributed by atoms with Gasteiger partial charge in [-0.15, -0.1) is 4.07 Å². The van der Waals surface area contributed by atoms with E-state index in [1.807, 2.05) is 43.3 Å². The first-order chi connectivity index (χ1) is 9.65. The molecule has 0 aliphatic carbocycles. The Morgan fingerprint density at radius 3 is 2.85 bits per heavy atom. The van der Waals surface area contributed by atoms with E-state index in [9.17, 15) is 4.79 Å². The molecule has 0 amide bonds. The van der Waals surface area contributed by atoms with E-state index in [1.165, 1.54) is 15.6 Å². The second-order valence-corrected chi connectivity index (χ2v) is 5.81. The molecule has 0 atom stereocenters. The van der Waals surface area contributed by atoms with Crippen LogP contribution in [0.1, 0.15) is 11.1 Å². The summed E-state index contributed by atoms with van der Waals surface area (Å²) in [7, 11) is 0. The molecule has 0 saturated heterocycles. The fourth-order valence-corrected chi connectivity index (χ4v) is 2.92. The lowest BCUT2D eigenvalue weighted by molar-refractivity contribution is 0.953. The summed E-state index contributed by atoms with van der Waals surface area (Å²) in [5.41, 5.74) is 1.75. The normalized spacial score (nSPS) is 11.5. The fourth-order valence-electron chi connectivity index (χ4n) is 1.90. The third-order valence-corrected chi connectivity index (χ3v) is 4.26. The van der Waals surface area contributed by atoms with Gasteiger partial charge in [-0.25, -0.2) is 0 Å². The highest BCUT2D eigenvalue weighted by Crippen LogP contribution is 2.18. The topological polar surface area (TPSA) is 34.4 Å². The van der Waals surface area contributed by atoms with Gasteiger partial charge in [-0.05, 0) is 36.7 Å². The van der Waals surface area contributed by atoms with Crippen LogP contribution in [0.2, 0.25) is 5.02 Å². The minimum atomic E-state index is -0.1000. The Morgan fingerprint density at radius 1 is 1.25 bits per heavy atom. The second-order valence-electron chi connectivity index (χ2n) is 4.44. The molecule has 0 saturated carbocycles. The van der Waals surface area contributed by atoms with E-state index in [0.29, 0.717) is 10.4 Å². The van der Waals surface area contributed by atoms with Gasteiger partial charge in [0.25, 0.3) is 5.56 Å². The number of hydrogen-bond donors (Lipinski definition) is 0. The summed E-state index contributed by atoms with van der Waals surface area (Å²) in [5.74, 6) is 0. The van der Waals surface area contributed by atoms with Crippen LogP contribution in [0.5, 0.6) is 0 Å². The number of hydrogen-bond acceptors (Lipinski definition) is 3. The largest absolute Gasteiger partial charge is 0.289 e. The smallest absolute Gasteiger partial charge is 0.266 e. The quantitative estimate of drug-likeness (QED) is 0.661. The van der Waals surface area contributed by atoms with Gasteiger partial charge in [0.05, 0.1) is 16.3 Å². The van der Waals surface area contributed by atoms with E-state index in [-0.39, 0.29) is 5.56 Å². The van der Waals surface area contributed by atoms with Crippen LogP contribution in [0, 0.1) is 6.92 Å². The predicted molar refractivity (Wildman–Crippen MR) is 85.3 cm³/mol. The number of benzene rings is 2. The molecule has 5 heteroatoms. The molecule has 0 spiro atoms. The molecule has 0 aliphatic rings. The third-order valence-electron chi connectivity index (χ3n) is 2.93. The van der Waals surface area contributed by atoms with Crippen LogP contribution in [0.3, 0.4) is 0 Å². The van der Waals surface area contributed by atoms with Crippen LogP contribution >= 0.6 is 23.1 Å². The molecule has 0 fully saturated rings. The number of halogens is 1. The van der Waals surface area contributed by atoms with E-state index in [2.05, 4.69) is 5.10 Å². The molecule has 3 rings (SSSR count). The summed E-state index contributed by atoms with van der Waals surface area (Å²) >= 11 is 7.38. The molecule has 20 heavy (non-hydrogen) atoms. The van der Waals surface area contributed by atoms with Gasteiger partial charge in [-0.1, -0.05) is 41.4 Å². The van der Waals surface area contributed by atoms with Crippen molar-refractivity contribution in [2.24, 2.45) is 5.10 Å². The van der Waals surface area contributed by atoms with Crippen molar-refractivity contribution in [2.75, 3.05) is 0 Å². The van der Waals surface area contributed by atoms with Gasteiger partial charge < -0.3 is 0 Å². The molecule has 3 aromatic rings. The Balaban J connectivity index is 2.06. The predicted octanol–water partition coefficient (Wildman–Crippen LogP) is 3.91. The molecule has 3 nitrogen and oxygen atoms in total. The fraction of sp³-hybridized carbons (Fsp3) is 0.0667. The highest BCUT2D eigenvalue weighted by Gasteiger charge is 2.06. The molecule has 100 valence electrons. The maximum absolute atomic E-state index is 12.2. The highest BCUT2D eigenvalue weighted by molar-refractivity contribution is 7.13. The van der Waals surface area contributed by atoms with Crippen molar-refractivity contribution in [3.8, 4) is 0 Å². The average Bonchev–Trinajstić information content (AvgIpc) is 2.75. The number of rotatable bonds is 2. The summed E-state index contributed by atoms with van der Waals surface area (Å²) in [6, 6.07) is 13.2. The molecule has 0 bridgehead atoms. The molecule has 2 aromatic carbocycles. The first kappa shape index (κ1) is 13.1. The molecule has 1 heterocycles. The van der Waals surface area contributed by atoms with Gasteiger partial charge >= 0.3 is 0 Å². The van der Waals surface area contributed by atoms with Crippen LogP contribution in [0.15, 0.2) is 52.4 Å². The van der Waals surface area contributed by atoms with E-state index in [4.69, 9.17) is 11.6 Å². The zero-order valence-electron chi connectivity index (χ0n) is 10.7. The summed E-state index contributed by atoms with van der Waals surface area (Å²) in [6.07, 6.45) is 1.60. The maximum atomic E-state index is 12.2. The highest BCUT2D eigenvalue weighted by atomic mass is 35.5. The molecule has 0 aliphatic heterocycles. The van der Waals surface area contributed by atoms with Gasteiger partial charge in [-0.3, -0.25) is 4.79 Å². The van der Waals surface area contributed by atoms with Crippen LogP contribution in [-0.2, 0) is 0 Å². The molecule has 0 N–H and O–H groups in total. The number of nitrogens with zero attached hydrogens (tertiary/aromatic N) is 2. The number of fused-ring (bicyclic) bond motifs is 1. The van der Waals surface area contributed by atoms with Crippen LogP contribution < -0.4 is 5.56 Å². The Bertz CT molecular complexity index is 864. The van der Waals surface area contributed by atoms with Gasteiger partial charge in [0.2, 0.25) is 0 Å². The van der Waals surface area contributed by atoms with Gasteiger partial charge in [0.15, 0.2) is 0 Å². The lowest BCUT2D eigenvalue weighted by atomic mass is 10.2. The van der Waals surface area contributed by atoms with Crippen molar-refractivity contribution in [3.05, 3.63) is 69.0 Å². The van der Waals surface area contributed by atoms with E-state index in [0.717, 1.165) is 15.8 Å². The van der Waals surface area contributed by atoms with E-state index in [1.54, 1.807) is 12.3 Å². The standard InChI is InChI=1S/C15H11ClN2OS/c1-10-6-7-14-12(8-10)15(19)18(20-14)17-9-11-4-2-3-5-13(11)16/h2-9H,1H3/b17-9+. The minimum absolute atomic E-state index is 0.1000. The van der Waals surface area contributed by atoms with Crippen LogP contribution in [-0.4, -0.2) is 10.3 Å². The third kappa shape index (κ3) is 2.40. The van der Waals surface area contributed by atoms with Crippen molar-refractivity contribution in [1.29, 1.82) is 0 Å². The lowest BCUT2D eigenvalue weighted by Gasteiger charge is -1.95. The number of aromatic nitrogens is 1. The minimum Gasteiger partial charge on any atom is -0.266 e. The lowest BCUT2D eigenvalue weighted by Crippen LogP contribution is -2.08. The van der Waals surface area contributed by atoms with E-state index >= 15 is 0 Å². The Labute approximate surface area is 124 Å². The van der Waals surface area contributed by atoms with Crippen molar-refractivity contribution in [2.45, 2.75) is 6.92 Å². The monoisotopic (exact) mass is 302 g/mol. The van der Waals surface area contributed by atoms with Crippen molar-refractivity contribution in [1.82, 2.24) is 4.07 Å². The van der Waals surface area contributed by atoms with Gasteiger partial charge in [-0.2, -0.15) is 5.10 Å². The zero-order valence-corrected chi connectivity index (χ0v) is 12.3. The molecular weight excluding hydrogens is 292 g/mol. The Morgan fingerprint density at radius 2 is 2.05 bits per heavy atom. The summed E-state index contributed by atoms with van der Waals surface area (Å²) in [5, 5.41) is 5.53. The Hall–Kier alpha value is -1.91. The molecular formula is C15H11ClN2OS. The second kappa shape index (κ2) is 5.23. The molecule has 0 radical (unpaired) electrons.